The van der Waals surface area contributed by atoms with Gasteiger partial charge in [0.2, 0.25) is 0 Å². The molecule has 0 radical (unpaired) electrons. The van der Waals surface area contributed by atoms with Crippen LogP contribution in [0.25, 0.3) is 0 Å². The van der Waals surface area contributed by atoms with Crippen LogP contribution in [-0.2, 0) is 13.6 Å². The van der Waals surface area contributed by atoms with E-state index in [2.05, 4.69) is 36.9 Å². The lowest BCUT2D eigenvalue weighted by Crippen LogP contribution is -2.39. The van der Waals surface area contributed by atoms with E-state index in [0.29, 0.717) is 18.1 Å². The first-order valence-corrected chi connectivity index (χ1v) is 8.93. The molecule has 1 aromatic carbocycles. The number of halogens is 3. The summed E-state index contributed by atoms with van der Waals surface area (Å²) in [5, 5.41) is 13.5. The number of benzene rings is 1. The van der Waals surface area contributed by atoms with Crippen LogP contribution < -0.4 is 5.32 Å². The summed E-state index contributed by atoms with van der Waals surface area (Å²) in [5.74, 6) is 0.391. The number of aliphatic imine (C=N–C) groups is 1. The van der Waals surface area contributed by atoms with Crippen LogP contribution in [0.2, 0.25) is 0 Å². The van der Waals surface area contributed by atoms with Gasteiger partial charge in [-0.05, 0) is 46.6 Å². The Kier molecular flexibility index (Phi) is 9.59. The molecule has 1 heterocycles. The third-order valence-electron chi connectivity index (χ3n) is 3.84. The van der Waals surface area contributed by atoms with Crippen molar-refractivity contribution in [2.75, 3.05) is 20.1 Å². The second kappa shape index (κ2) is 10.9. The number of aromatic nitrogens is 1. The Bertz CT molecular complexity index is 720. The molecule has 0 fully saturated rings. The fourth-order valence-corrected chi connectivity index (χ4v) is 3.05. The fourth-order valence-electron chi connectivity index (χ4n) is 2.47. The maximum absolute atomic E-state index is 13.0. The van der Waals surface area contributed by atoms with Gasteiger partial charge in [0.15, 0.2) is 5.96 Å². The minimum atomic E-state index is -0.771. The molecule has 1 aromatic heterocycles. The molecule has 0 aliphatic heterocycles. The van der Waals surface area contributed by atoms with E-state index < -0.39 is 6.10 Å². The molecular weight excluding hydrogens is 514 g/mol. The first-order valence-electron chi connectivity index (χ1n) is 8.14. The number of nitrogens with one attached hydrogen (secondary N) is 1. The molecule has 144 valence electrons. The van der Waals surface area contributed by atoms with Crippen LogP contribution in [0.5, 0.6) is 0 Å². The van der Waals surface area contributed by atoms with E-state index in [0.717, 1.165) is 16.7 Å². The maximum Gasteiger partial charge on any atom is 0.194 e. The van der Waals surface area contributed by atoms with Gasteiger partial charge < -0.3 is 19.9 Å². The van der Waals surface area contributed by atoms with Gasteiger partial charge in [-0.2, -0.15) is 0 Å². The topological polar surface area (TPSA) is 52.8 Å². The van der Waals surface area contributed by atoms with Crippen LogP contribution in [-0.4, -0.2) is 40.7 Å². The van der Waals surface area contributed by atoms with Crippen LogP contribution in [0.4, 0.5) is 4.39 Å². The Labute approximate surface area is 179 Å². The molecule has 0 aliphatic carbocycles. The summed E-state index contributed by atoms with van der Waals surface area (Å²) >= 11 is 3.48. The van der Waals surface area contributed by atoms with E-state index in [9.17, 15) is 9.50 Å². The Morgan fingerprint density at radius 3 is 2.58 bits per heavy atom. The van der Waals surface area contributed by atoms with E-state index >= 15 is 0 Å². The number of aryl methyl sites for hydroxylation is 1. The molecule has 5 nitrogen and oxygen atoms in total. The van der Waals surface area contributed by atoms with Crippen molar-refractivity contribution in [3.05, 3.63) is 58.1 Å². The molecule has 0 saturated carbocycles. The zero-order valence-corrected chi connectivity index (χ0v) is 19.0. The van der Waals surface area contributed by atoms with E-state index in [1.807, 2.05) is 32.1 Å². The summed E-state index contributed by atoms with van der Waals surface area (Å²) in [6.45, 7) is 3.61. The average molecular weight is 539 g/mol. The summed E-state index contributed by atoms with van der Waals surface area (Å²) < 4.78 is 16.1. The third-order valence-corrected chi connectivity index (χ3v) is 4.27. The number of guanidine groups is 1. The monoisotopic (exact) mass is 538 g/mol. The molecule has 0 bridgehead atoms. The summed E-state index contributed by atoms with van der Waals surface area (Å²) in [4.78, 5) is 6.51. The van der Waals surface area contributed by atoms with Crippen LogP contribution in [0, 0.1) is 5.82 Å². The predicted molar refractivity (Wildman–Crippen MR) is 117 cm³/mol. The molecule has 0 aliphatic rings. The summed E-state index contributed by atoms with van der Waals surface area (Å²) in [5.41, 5.74) is 1.79. The minimum absolute atomic E-state index is 0. The lowest BCUT2D eigenvalue weighted by molar-refractivity contribution is 0.186. The van der Waals surface area contributed by atoms with Crippen LogP contribution in [0.15, 0.2) is 46.0 Å². The lowest BCUT2D eigenvalue weighted by Gasteiger charge is -2.23. The molecule has 2 aromatic rings. The Morgan fingerprint density at radius 1 is 1.38 bits per heavy atom. The van der Waals surface area contributed by atoms with Gasteiger partial charge in [0, 0.05) is 37.0 Å². The van der Waals surface area contributed by atoms with Gasteiger partial charge in [-0.15, -0.1) is 24.0 Å². The van der Waals surface area contributed by atoms with Crippen molar-refractivity contribution in [2.45, 2.75) is 19.6 Å². The van der Waals surface area contributed by atoms with E-state index in [1.54, 1.807) is 12.1 Å². The summed E-state index contributed by atoms with van der Waals surface area (Å²) in [6, 6.07) is 7.90. The first kappa shape index (κ1) is 22.9. The van der Waals surface area contributed by atoms with Gasteiger partial charge >= 0.3 is 0 Å². The van der Waals surface area contributed by atoms with Gasteiger partial charge in [-0.3, -0.25) is 4.99 Å². The van der Waals surface area contributed by atoms with Crippen molar-refractivity contribution >= 4 is 45.9 Å². The maximum atomic E-state index is 13.0. The van der Waals surface area contributed by atoms with Gasteiger partial charge in [-0.1, -0.05) is 12.1 Å². The zero-order valence-electron chi connectivity index (χ0n) is 15.1. The van der Waals surface area contributed by atoms with Gasteiger partial charge in [0.25, 0.3) is 0 Å². The highest BCUT2D eigenvalue weighted by atomic mass is 127. The highest BCUT2D eigenvalue weighted by Crippen LogP contribution is 2.16. The third kappa shape index (κ3) is 6.55. The molecule has 2 N–H and O–H groups in total. The first-order chi connectivity index (χ1) is 11.9. The number of rotatable bonds is 6. The highest BCUT2D eigenvalue weighted by molar-refractivity contribution is 14.0. The molecule has 0 saturated heterocycles. The smallest absolute Gasteiger partial charge is 0.194 e. The van der Waals surface area contributed by atoms with E-state index in [4.69, 9.17) is 0 Å². The molecule has 1 unspecified atom stereocenters. The average Bonchev–Trinajstić information content (AvgIpc) is 2.89. The number of hydrogen-bond donors (Lipinski definition) is 2. The van der Waals surface area contributed by atoms with Crippen LogP contribution in [0.1, 0.15) is 24.3 Å². The van der Waals surface area contributed by atoms with Gasteiger partial charge in [-0.25, -0.2) is 4.39 Å². The Morgan fingerprint density at radius 2 is 2.04 bits per heavy atom. The van der Waals surface area contributed by atoms with Gasteiger partial charge in [0.1, 0.15) is 5.82 Å². The van der Waals surface area contributed by atoms with Crippen molar-refractivity contribution in [3.8, 4) is 0 Å². The summed E-state index contributed by atoms with van der Waals surface area (Å²) in [6.07, 6.45) is 1.23. The molecule has 0 amide bonds. The number of aliphatic hydroxyl groups is 1. The van der Waals surface area contributed by atoms with Crippen molar-refractivity contribution in [3.63, 3.8) is 0 Å². The number of hydrogen-bond acceptors (Lipinski definition) is 2. The SMILES string of the molecule is CCNC(=NCC(O)c1ccc(F)cc1)N(C)Cc1cc(Br)cn1C.I. The summed E-state index contributed by atoms with van der Waals surface area (Å²) in [7, 11) is 3.95. The largest absolute Gasteiger partial charge is 0.386 e. The molecular formula is C18H25BrFIN4O. The van der Waals surface area contributed by atoms with Gasteiger partial charge in [0.05, 0.1) is 19.2 Å². The Hall–Kier alpha value is -1.13. The van der Waals surface area contributed by atoms with Crippen LogP contribution in [0.3, 0.4) is 0 Å². The van der Waals surface area contributed by atoms with Crippen molar-refractivity contribution in [2.24, 2.45) is 12.0 Å². The quantitative estimate of drug-likeness (QED) is 0.335. The minimum Gasteiger partial charge on any atom is -0.386 e. The lowest BCUT2D eigenvalue weighted by atomic mass is 10.1. The normalized spacial score (nSPS) is 12.5. The molecule has 1 atom stereocenters. The second-order valence-corrected chi connectivity index (χ2v) is 6.79. The van der Waals surface area contributed by atoms with Crippen LogP contribution >= 0.6 is 39.9 Å². The second-order valence-electron chi connectivity index (χ2n) is 5.88. The number of nitrogens with zero attached hydrogens (tertiary/aromatic N) is 3. The Balaban J connectivity index is 0.00000338. The zero-order chi connectivity index (χ0) is 18.4. The highest BCUT2D eigenvalue weighted by Gasteiger charge is 2.12. The van der Waals surface area contributed by atoms with Crippen molar-refractivity contribution < 1.29 is 9.50 Å². The molecule has 26 heavy (non-hydrogen) atoms. The van der Waals surface area contributed by atoms with Crippen molar-refractivity contribution in [1.29, 1.82) is 0 Å². The molecule has 8 heteroatoms. The predicted octanol–water partition coefficient (Wildman–Crippen LogP) is 3.68. The molecule has 0 spiro atoms. The standard InChI is InChI=1S/C18H24BrFN4O.HI/c1-4-21-18(24(3)12-16-9-14(19)11-23(16)2)22-10-17(25)13-5-7-15(20)8-6-13;/h5-9,11,17,25H,4,10,12H2,1-3H3,(H,21,22);1H. The fraction of sp³-hybridized carbons (Fsp3) is 0.389. The number of aliphatic hydroxyl groups excluding tert-OH is 1. The molecule has 2 rings (SSSR count). The van der Waals surface area contributed by atoms with E-state index in [-0.39, 0.29) is 36.3 Å². The van der Waals surface area contributed by atoms with Crippen molar-refractivity contribution in [1.82, 2.24) is 14.8 Å². The van der Waals surface area contributed by atoms with E-state index in [1.165, 1.54) is 12.1 Å².